The highest BCUT2D eigenvalue weighted by Crippen LogP contribution is 2.35. The number of halogens is 2. The lowest BCUT2D eigenvalue weighted by Gasteiger charge is -2.52. The van der Waals surface area contributed by atoms with Crippen LogP contribution < -0.4 is 5.32 Å². The average Bonchev–Trinajstić information content (AvgIpc) is 3.38. The average molecular weight is 514 g/mol. The lowest BCUT2D eigenvalue weighted by molar-refractivity contribution is -0.936. The second kappa shape index (κ2) is 10.1. The van der Waals surface area contributed by atoms with Gasteiger partial charge in [0.15, 0.2) is 6.10 Å². The van der Waals surface area contributed by atoms with E-state index in [1.165, 1.54) is 35.6 Å². The van der Waals surface area contributed by atoms with E-state index in [1.54, 1.807) is 24.3 Å². The molecule has 2 bridgehead atoms. The summed E-state index contributed by atoms with van der Waals surface area (Å²) in [6.45, 7) is 3.27. The van der Waals surface area contributed by atoms with Crippen LogP contribution in [0.25, 0.3) is 0 Å². The van der Waals surface area contributed by atoms with Crippen molar-refractivity contribution in [1.29, 1.82) is 0 Å². The van der Waals surface area contributed by atoms with Crippen LogP contribution in [0.3, 0.4) is 0 Å². The van der Waals surface area contributed by atoms with E-state index < -0.39 is 17.7 Å². The van der Waals surface area contributed by atoms with Gasteiger partial charge in [-0.3, -0.25) is 4.79 Å². The maximum atomic E-state index is 14.0. The molecule has 182 valence electrons. The van der Waals surface area contributed by atoms with Gasteiger partial charge in [0, 0.05) is 12.8 Å². The van der Waals surface area contributed by atoms with Crippen LogP contribution in [0.1, 0.15) is 39.7 Å². The molecule has 0 radical (unpaired) electrons. The van der Waals surface area contributed by atoms with Crippen molar-refractivity contribution in [3.8, 4) is 0 Å². The van der Waals surface area contributed by atoms with Crippen LogP contribution in [-0.2, 0) is 4.74 Å². The summed E-state index contributed by atoms with van der Waals surface area (Å²) in [6, 6.07) is 16.0. The van der Waals surface area contributed by atoms with Crippen LogP contribution >= 0.6 is 23.6 Å². The Morgan fingerprint density at radius 1 is 1.06 bits per heavy atom. The molecule has 3 aliphatic rings. The van der Waals surface area contributed by atoms with Gasteiger partial charge in [-0.15, -0.1) is 11.3 Å². The molecule has 2 aromatic carbocycles. The Bertz CT molecular complexity index is 1160. The number of thiocarbonyl (C=S) groups is 1. The number of piperidine rings is 3. The van der Waals surface area contributed by atoms with Crippen molar-refractivity contribution < 1.29 is 22.8 Å². The number of benzene rings is 2. The summed E-state index contributed by atoms with van der Waals surface area (Å²) in [6.07, 6.45) is 1.30. The summed E-state index contributed by atoms with van der Waals surface area (Å²) in [7, 11) is 0. The highest BCUT2D eigenvalue weighted by atomic mass is 32.1. The minimum absolute atomic E-state index is 0.0850. The number of nitrogens with zero attached hydrogens (tertiary/aromatic N) is 1. The molecule has 6 rings (SSSR count). The van der Waals surface area contributed by atoms with Crippen LogP contribution in [-0.4, -0.2) is 47.7 Å². The van der Waals surface area contributed by atoms with Gasteiger partial charge in [0.05, 0.1) is 30.6 Å². The van der Waals surface area contributed by atoms with Crippen molar-refractivity contribution in [3.05, 3.63) is 93.7 Å². The topological polar surface area (TPSA) is 38.3 Å². The Labute approximate surface area is 213 Å². The number of ketones is 1. The van der Waals surface area contributed by atoms with Gasteiger partial charge in [0.25, 0.3) is 5.17 Å². The fourth-order valence-electron chi connectivity index (χ4n) is 5.45. The zero-order chi connectivity index (χ0) is 24.4. The molecule has 1 aromatic heterocycles. The standard InChI is InChI=1S/C27H26F2N2O2S2/c28-21-6-1-4-19(14-21)26(20-5-2-7-22(29)15-20)33-27(34)30-23-16-31(11-9-18(23)10-12-31)17-24(32)25-8-3-13-35-25/h1-8,13-15,18,23,26H,9-12,16-17H2/p+1. The van der Waals surface area contributed by atoms with E-state index in [2.05, 4.69) is 5.32 Å². The molecule has 1 unspecified atom stereocenters. The number of Topliss-reactive ketones (excluding diaryl/α,β-unsaturated/α-hetero) is 1. The lowest BCUT2D eigenvalue weighted by atomic mass is 9.81. The second-order valence-corrected chi connectivity index (χ2v) is 10.8. The first-order valence-electron chi connectivity index (χ1n) is 11.8. The van der Waals surface area contributed by atoms with E-state index in [0.717, 1.165) is 41.8 Å². The number of hydrogen-bond donors (Lipinski definition) is 1. The third-order valence-electron chi connectivity index (χ3n) is 7.21. The molecule has 0 amide bonds. The van der Waals surface area contributed by atoms with Gasteiger partial charge < -0.3 is 14.5 Å². The van der Waals surface area contributed by atoms with E-state index in [4.69, 9.17) is 17.0 Å². The number of nitrogens with one attached hydrogen (secondary N) is 1. The van der Waals surface area contributed by atoms with Gasteiger partial charge in [0.1, 0.15) is 18.2 Å². The molecular formula is C27H27F2N2O2S2+. The lowest BCUT2D eigenvalue weighted by Crippen LogP contribution is -2.68. The minimum Gasteiger partial charge on any atom is -0.458 e. The van der Waals surface area contributed by atoms with Gasteiger partial charge in [-0.25, -0.2) is 8.78 Å². The van der Waals surface area contributed by atoms with E-state index in [1.807, 2.05) is 17.5 Å². The van der Waals surface area contributed by atoms with Crippen LogP contribution in [0.4, 0.5) is 8.78 Å². The van der Waals surface area contributed by atoms with Crippen LogP contribution in [0.15, 0.2) is 66.0 Å². The van der Waals surface area contributed by atoms with Gasteiger partial charge in [-0.2, -0.15) is 0 Å². The van der Waals surface area contributed by atoms with Crippen LogP contribution in [0.5, 0.6) is 0 Å². The van der Waals surface area contributed by atoms with E-state index >= 15 is 0 Å². The monoisotopic (exact) mass is 513 g/mol. The highest BCUT2D eigenvalue weighted by Gasteiger charge is 2.47. The van der Waals surface area contributed by atoms with Crippen molar-refractivity contribution in [2.24, 2.45) is 5.92 Å². The maximum Gasteiger partial charge on any atom is 0.258 e. The third-order valence-corrected chi connectivity index (χ3v) is 8.33. The first kappa shape index (κ1) is 24.0. The van der Waals surface area contributed by atoms with Crippen LogP contribution in [0.2, 0.25) is 0 Å². The summed E-state index contributed by atoms with van der Waals surface area (Å²) >= 11 is 7.08. The molecular weight excluding hydrogens is 486 g/mol. The minimum atomic E-state index is -0.744. The number of ether oxygens (including phenoxy) is 1. The molecule has 3 fully saturated rings. The Balaban J connectivity index is 1.30. The molecule has 3 aromatic rings. The largest absolute Gasteiger partial charge is 0.458 e. The summed E-state index contributed by atoms with van der Waals surface area (Å²) in [5, 5.41) is 5.51. The first-order chi connectivity index (χ1) is 16.9. The molecule has 4 heterocycles. The summed E-state index contributed by atoms with van der Waals surface area (Å²) in [5.41, 5.74) is 1.11. The van der Waals surface area contributed by atoms with Crippen molar-refractivity contribution in [2.75, 3.05) is 26.2 Å². The SMILES string of the molecule is O=C(C[N+]12CCC(CC1)C(NC(=S)OC(c1cccc(F)c1)c1cccc(F)c1)C2)c1cccs1. The second-order valence-electron chi connectivity index (χ2n) is 9.51. The molecule has 1 atom stereocenters. The van der Waals surface area contributed by atoms with Gasteiger partial charge >= 0.3 is 0 Å². The number of quaternary nitrogens is 1. The predicted molar refractivity (Wildman–Crippen MR) is 136 cm³/mol. The summed E-state index contributed by atoms with van der Waals surface area (Å²) < 4.78 is 34.8. The fourth-order valence-corrected chi connectivity index (χ4v) is 6.36. The van der Waals surface area contributed by atoms with Crippen molar-refractivity contribution >= 4 is 34.5 Å². The zero-order valence-electron chi connectivity index (χ0n) is 19.2. The van der Waals surface area contributed by atoms with Crippen molar-refractivity contribution in [2.45, 2.75) is 25.0 Å². The molecule has 0 aliphatic carbocycles. The van der Waals surface area contributed by atoms with Crippen molar-refractivity contribution in [3.63, 3.8) is 0 Å². The maximum absolute atomic E-state index is 14.0. The van der Waals surface area contributed by atoms with Gasteiger partial charge in [-0.1, -0.05) is 30.3 Å². The Morgan fingerprint density at radius 3 is 2.29 bits per heavy atom. The van der Waals surface area contributed by atoms with E-state index in [9.17, 15) is 13.6 Å². The number of carbonyl (C=O) groups excluding carboxylic acids is 1. The van der Waals surface area contributed by atoms with Crippen molar-refractivity contribution in [1.82, 2.24) is 5.32 Å². The normalized spacial score (nSPS) is 23.3. The van der Waals surface area contributed by atoms with E-state index in [-0.39, 0.29) is 17.0 Å². The fraction of sp³-hybridized carbons (Fsp3) is 0.333. The number of thiophene rings is 1. The molecule has 0 spiro atoms. The molecule has 1 N–H and O–H groups in total. The molecule has 35 heavy (non-hydrogen) atoms. The Morgan fingerprint density at radius 2 is 1.71 bits per heavy atom. The Hall–Kier alpha value is -2.68. The number of carbonyl (C=O) groups is 1. The third kappa shape index (κ3) is 5.44. The molecule has 3 saturated heterocycles. The van der Waals surface area contributed by atoms with Crippen LogP contribution in [0, 0.1) is 17.6 Å². The first-order valence-corrected chi connectivity index (χ1v) is 13.1. The molecule has 3 aliphatic heterocycles. The zero-order valence-corrected chi connectivity index (χ0v) is 20.8. The number of rotatable bonds is 7. The summed E-state index contributed by atoms with van der Waals surface area (Å²) in [5.74, 6) is -0.151. The Kier molecular flexibility index (Phi) is 6.95. The van der Waals surface area contributed by atoms with Gasteiger partial charge in [0.2, 0.25) is 5.78 Å². The quantitative estimate of drug-likeness (QED) is 0.257. The number of fused-ring (bicyclic) bond motifs is 3. The van der Waals surface area contributed by atoms with Gasteiger partial charge in [-0.05, 0) is 65.0 Å². The van der Waals surface area contributed by atoms with E-state index in [0.29, 0.717) is 23.6 Å². The predicted octanol–water partition coefficient (Wildman–Crippen LogP) is 5.50. The smallest absolute Gasteiger partial charge is 0.258 e. The molecule has 8 heteroatoms. The highest BCUT2D eigenvalue weighted by molar-refractivity contribution is 7.80. The molecule has 4 nitrogen and oxygen atoms in total. The number of hydrogen-bond acceptors (Lipinski definition) is 4. The summed E-state index contributed by atoms with van der Waals surface area (Å²) in [4.78, 5) is 13.7. The molecule has 0 saturated carbocycles.